The lowest BCUT2D eigenvalue weighted by Crippen LogP contribution is -2.17. The second-order valence-corrected chi connectivity index (χ2v) is 7.16. The Morgan fingerprint density at radius 1 is 1.20 bits per heavy atom. The molecule has 2 aromatic rings. The van der Waals surface area contributed by atoms with E-state index in [9.17, 15) is 4.79 Å². The Kier molecular flexibility index (Phi) is 2.81. The molecule has 2 aliphatic carbocycles. The largest absolute Gasteiger partial charge is 0.478 e. The van der Waals surface area contributed by atoms with Gasteiger partial charge in [-0.2, -0.15) is 0 Å². The summed E-state index contributed by atoms with van der Waals surface area (Å²) in [4.78, 5) is 15.9. The molecule has 0 spiro atoms. The number of nitrogens with zero attached hydrogens (tertiary/aromatic N) is 1. The van der Waals surface area contributed by atoms with E-state index in [-0.39, 0.29) is 0 Å². The standard InChI is InChI=1S/C16H17NO2S/c18-16(19)11-6-7-12-13(8-11)20-15(17-12)14-9-2-1-3-10(14)5-4-9/h6-10,14H,1-5H2,(H,18,19). The van der Waals surface area contributed by atoms with Crippen LogP contribution in [0.2, 0.25) is 0 Å². The lowest BCUT2D eigenvalue weighted by atomic mass is 9.79. The first-order valence-corrected chi connectivity index (χ1v) is 8.18. The Morgan fingerprint density at radius 2 is 1.95 bits per heavy atom. The molecule has 0 amide bonds. The van der Waals surface area contributed by atoms with Crippen molar-refractivity contribution in [2.24, 2.45) is 11.8 Å². The number of aromatic carboxylic acids is 1. The second-order valence-electron chi connectivity index (χ2n) is 6.09. The maximum Gasteiger partial charge on any atom is 0.335 e. The summed E-state index contributed by atoms with van der Waals surface area (Å²) in [6.07, 6.45) is 6.77. The van der Waals surface area contributed by atoms with Gasteiger partial charge in [-0.1, -0.05) is 6.42 Å². The zero-order valence-electron chi connectivity index (χ0n) is 11.2. The van der Waals surface area contributed by atoms with Gasteiger partial charge in [0, 0.05) is 5.92 Å². The molecule has 1 heterocycles. The average Bonchev–Trinajstić information content (AvgIpc) is 2.95. The number of hydrogen-bond donors (Lipinski definition) is 1. The van der Waals surface area contributed by atoms with Gasteiger partial charge in [-0.05, 0) is 55.7 Å². The number of benzene rings is 1. The number of fused-ring (bicyclic) bond motifs is 3. The number of hydrogen-bond acceptors (Lipinski definition) is 3. The first kappa shape index (κ1) is 12.3. The van der Waals surface area contributed by atoms with E-state index in [2.05, 4.69) is 0 Å². The number of rotatable bonds is 2. The highest BCUT2D eigenvalue weighted by Gasteiger charge is 2.41. The molecule has 104 valence electrons. The molecule has 4 heteroatoms. The quantitative estimate of drug-likeness (QED) is 0.896. The van der Waals surface area contributed by atoms with Gasteiger partial charge in [-0.3, -0.25) is 0 Å². The molecule has 0 aliphatic heterocycles. The Morgan fingerprint density at radius 3 is 2.65 bits per heavy atom. The van der Waals surface area contributed by atoms with Gasteiger partial charge in [0.2, 0.25) is 0 Å². The van der Waals surface area contributed by atoms with E-state index >= 15 is 0 Å². The molecule has 1 aromatic heterocycles. The number of carboxylic acid groups (broad SMARTS) is 1. The Balaban J connectivity index is 1.75. The fourth-order valence-electron chi connectivity index (χ4n) is 4.08. The van der Waals surface area contributed by atoms with Crippen LogP contribution >= 0.6 is 11.3 Å². The minimum Gasteiger partial charge on any atom is -0.478 e. The third-order valence-electron chi connectivity index (χ3n) is 5.01. The molecule has 2 aliphatic rings. The minimum absolute atomic E-state index is 0.360. The molecule has 2 fully saturated rings. The van der Waals surface area contributed by atoms with Crippen molar-refractivity contribution in [2.45, 2.75) is 38.0 Å². The first-order chi connectivity index (χ1) is 9.72. The maximum atomic E-state index is 11.1. The lowest BCUT2D eigenvalue weighted by molar-refractivity contribution is 0.0697. The Hall–Kier alpha value is -1.42. The third kappa shape index (κ3) is 1.85. The Labute approximate surface area is 121 Å². The van der Waals surface area contributed by atoms with Crippen LogP contribution in [0.5, 0.6) is 0 Å². The second kappa shape index (κ2) is 4.55. The van der Waals surface area contributed by atoms with Crippen molar-refractivity contribution in [1.29, 1.82) is 0 Å². The topological polar surface area (TPSA) is 50.2 Å². The SMILES string of the molecule is O=C(O)c1ccc2nc(C3C4CCCC3CC4)sc2c1. The summed E-state index contributed by atoms with van der Waals surface area (Å²) in [6, 6.07) is 5.27. The molecule has 2 saturated carbocycles. The van der Waals surface area contributed by atoms with E-state index in [0.717, 1.165) is 22.1 Å². The minimum atomic E-state index is -0.861. The van der Waals surface area contributed by atoms with E-state index in [1.165, 1.54) is 37.1 Å². The van der Waals surface area contributed by atoms with Gasteiger partial charge in [0.15, 0.2) is 0 Å². The van der Waals surface area contributed by atoms with Crippen molar-refractivity contribution in [3.8, 4) is 0 Å². The summed E-state index contributed by atoms with van der Waals surface area (Å²) < 4.78 is 1.02. The molecule has 2 atom stereocenters. The van der Waals surface area contributed by atoms with Crippen LogP contribution in [0.4, 0.5) is 0 Å². The summed E-state index contributed by atoms with van der Waals surface area (Å²) in [5.41, 5.74) is 1.32. The molecule has 2 unspecified atom stereocenters. The van der Waals surface area contributed by atoms with Crippen LogP contribution in [0.15, 0.2) is 18.2 Å². The van der Waals surface area contributed by atoms with Crippen LogP contribution in [-0.2, 0) is 0 Å². The van der Waals surface area contributed by atoms with Gasteiger partial charge in [0.1, 0.15) is 0 Å². The average molecular weight is 287 g/mol. The van der Waals surface area contributed by atoms with Gasteiger partial charge in [-0.15, -0.1) is 11.3 Å². The fraction of sp³-hybridized carbons (Fsp3) is 0.500. The molecule has 4 rings (SSSR count). The van der Waals surface area contributed by atoms with Crippen LogP contribution in [0.25, 0.3) is 10.2 Å². The molecule has 0 saturated heterocycles. The van der Waals surface area contributed by atoms with Crippen molar-refractivity contribution < 1.29 is 9.90 Å². The predicted molar refractivity (Wildman–Crippen MR) is 79.4 cm³/mol. The third-order valence-corrected chi connectivity index (χ3v) is 6.13. The normalized spacial score (nSPS) is 28.9. The summed E-state index contributed by atoms with van der Waals surface area (Å²) in [5.74, 6) is 1.40. The van der Waals surface area contributed by atoms with Crippen LogP contribution in [0, 0.1) is 11.8 Å². The monoisotopic (exact) mass is 287 g/mol. The van der Waals surface area contributed by atoms with E-state index in [0.29, 0.717) is 11.5 Å². The molecular formula is C16H17NO2S. The highest BCUT2D eigenvalue weighted by Crippen LogP contribution is 2.53. The van der Waals surface area contributed by atoms with Crippen LogP contribution in [-0.4, -0.2) is 16.1 Å². The van der Waals surface area contributed by atoms with Crippen molar-refractivity contribution in [1.82, 2.24) is 4.98 Å². The van der Waals surface area contributed by atoms with Gasteiger partial charge in [0.25, 0.3) is 0 Å². The maximum absolute atomic E-state index is 11.1. The molecular weight excluding hydrogens is 270 g/mol. The number of carbonyl (C=O) groups is 1. The number of thiazole rings is 1. The summed E-state index contributed by atoms with van der Waals surface area (Å²) in [6.45, 7) is 0. The predicted octanol–water partition coefficient (Wildman–Crippen LogP) is 4.29. The summed E-state index contributed by atoms with van der Waals surface area (Å²) in [7, 11) is 0. The fourth-order valence-corrected chi connectivity index (χ4v) is 5.38. The summed E-state index contributed by atoms with van der Waals surface area (Å²) >= 11 is 1.71. The van der Waals surface area contributed by atoms with E-state index < -0.39 is 5.97 Å². The molecule has 1 N–H and O–H groups in total. The van der Waals surface area contributed by atoms with Crippen LogP contribution in [0.3, 0.4) is 0 Å². The van der Waals surface area contributed by atoms with E-state index in [4.69, 9.17) is 10.1 Å². The molecule has 20 heavy (non-hydrogen) atoms. The summed E-state index contributed by atoms with van der Waals surface area (Å²) in [5, 5.41) is 10.3. The van der Waals surface area contributed by atoms with E-state index in [1.54, 1.807) is 23.5 Å². The zero-order chi connectivity index (χ0) is 13.7. The number of aromatic nitrogens is 1. The van der Waals surface area contributed by atoms with Crippen molar-refractivity contribution in [3.63, 3.8) is 0 Å². The van der Waals surface area contributed by atoms with Crippen molar-refractivity contribution in [3.05, 3.63) is 28.8 Å². The molecule has 1 aromatic carbocycles. The smallest absolute Gasteiger partial charge is 0.335 e. The number of carboxylic acids is 1. The van der Waals surface area contributed by atoms with E-state index in [1.807, 2.05) is 6.07 Å². The van der Waals surface area contributed by atoms with Gasteiger partial charge in [0.05, 0.1) is 20.8 Å². The van der Waals surface area contributed by atoms with Crippen molar-refractivity contribution >= 4 is 27.5 Å². The zero-order valence-corrected chi connectivity index (χ0v) is 12.0. The van der Waals surface area contributed by atoms with Gasteiger partial charge in [-0.25, -0.2) is 9.78 Å². The Bertz CT molecular complexity index is 662. The molecule has 3 nitrogen and oxygen atoms in total. The lowest BCUT2D eigenvalue weighted by Gasteiger charge is -2.28. The highest BCUT2D eigenvalue weighted by molar-refractivity contribution is 7.18. The molecule has 2 bridgehead atoms. The van der Waals surface area contributed by atoms with Crippen LogP contribution < -0.4 is 0 Å². The van der Waals surface area contributed by atoms with Crippen molar-refractivity contribution in [2.75, 3.05) is 0 Å². The van der Waals surface area contributed by atoms with Crippen LogP contribution in [0.1, 0.15) is 53.4 Å². The molecule has 0 radical (unpaired) electrons. The van der Waals surface area contributed by atoms with Gasteiger partial charge >= 0.3 is 5.97 Å². The first-order valence-electron chi connectivity index (χ1n) is 7.36. The van der Waals surface area contributed by atoms with Gasteiger partial charge < -0.3 is 5.11 Å². The highest BCUT2D eigenvalue weighted by atomic mass is 32.1.